The number of nitrogens with two attached hydrogens (primary N) is 1. The third kappa shape index (κ3) is 6.23. The number of hydrogen-bond donors (Lipinski definition) is 5. The number of amides is 3. The summed E-state index contributed by atoms with van der Waals surface area (Å²) in [5.41, 5.74) is 2.65. The molecule has 9 nitrogen and oxygen atoms in total. The van der Waals surface area contributed by atoms with Crippen LogP contribution in [0.5, 0.6) is 0 Å². The maximum Gasteiger partial charge on any atom is 0.408 e. The largest absolute Gasteiger partial charge is 0.445 e. The molecule has 24 heavy (non-hydrogen) atoms. The molecule has 1 rings (SSSR count). The van der Waals surface area contributed by atoms with Crippen LogP contribution in [0.1, 0.15) is 19.4 Å². The average Bonchev–Trinajstić information content (AvgIpc) is 2.57. The van der Waals surface area contributed by atoms with Crippen LogP contribution in [0, 0.1) is 0 Å². The highest BCUT2D eigenvalue weighted by Crippen LogP contribution is 2.01. The number of rotatable bonds is 7. The number of hydrazine groups is 1. The molecule has 0 bridgehead atoms. The summed E-state index contributed by atoms with van der Waals surface area (Å²) in [7, 11) is 0. The van der Waals surface area contributed by atoms with Gasteiger partial charge in [0.15, 0.2) is 0 Å². The minimum Gasteiger partial charge on any atom is -0.445 e. The molecule has 0 heterocycles. The van der Waals surface area contributed by atoms with Crippen molar-refractivity contribution in [1.82, 2.24) is 16.1 Å². The van der Waals surface area contributed by atoms with Crippen LogP contribution >= 0.6 is 0 Å². The molecule has 0 aliphatic heterocycles. The van der Waals surface area contributed by atoms with Gasteiger partial charge < -0.3 is 20.5 Å². The van der Waals surface area contributed by atoms with E-state index in [1.165, 1.54) is 13.8 Å². The molecule has 0 aromatic heterocycles. The van der Waals surface area contributed by atoms with Crippen molar-refractivity contribution in [1.29, 1.82) is 0 Å². The molecule has 0 aliphatic carbocycles. The molecule has 0 fully saturated rings. The predicted octanol–water partition coefficient (Wildman–Crippen LogP) is -0.843. The van der Waals surface area contributed by atoms with Crippen molar-refractivity contribution in [3.8, 4) is 0 Å². The first kappa shape index (κ1) is 19.4. The SMILES string of the molecule is C[C@H](NC(=O)OCc1ccccc1)C(=O)N[C@H](C(=O)NN)[C@@H](C)O. The van der Waals surface area contributed by atoms with E-state index in [0.29, 0.717) is 0 Å². The van der Waals surface area contributed by atoms with Crippen LogP contribution in [0.25, 0.3) is 0 Å². The Morgan fingerprint density at radius 2 is 1.75 bits per heavy atom. The van der Waals surface area contributed by atoms with E-state index >= 15 is 0 Å². The van der Waals surface area contributed by atoms with Crippen molar-refractivity contribution in [2.45, 2.75) is 38.6 Å². The second-order valence-corrected chi connectivity index (χ2v) is 5.16. The Balaban J connectivity index is 2.47. The van der Waals surface area contributed by atoms with Gasteiger partial charge in [-0.3, -0.25) is 15.0 Å². The fourth-order valence-corrected chi connectivity index (χ4v) is 1.78. The molecule has 0 saturated carbocycles. The molecule has 1 aromatic carbocycles. The lowest BCUT2D eigenvalue weighted by Crippen LogP contribution is -2.57. The standard InChI is InChI=1S/C15H22N4O5/c1-9(13(21)18-12(10(2)20)14(22)19-16)17-15(23)24-8-11-6-4-3-5-7-11/h3-7,9-10,12,20H,8,16H2,1-2H3,(H,17,23)(H,18,21)(H,19,22)/t9-,10+,12-/m0/s1. The number of aliphatic hydroxyl groups excluding tert-OH is 1. The summed E-state index contributed by atoms with van der Waals surface area (Å²) in [5, 5.41) is 14.1. The van der Waals surface area contributed by atoms with Crippen LogP contribution < -0.4 is 21.9 Å². The number of carbonyl (C=O) groups excluding carboxylic acids is 3. The Labute approximate surface area is 139 Å². The van der Waals surface area contributed by atoms with E-state index in [4.69, 9.17) is 10.6 Å². The van der Waals surface area contributed by atoms with Crippen molar-refractivity contribution in [3.63, 3.8) is 0 Å². The molecule has 3 atom stereocenters. The number of hydrogen-bond acceptors (Lipinski definition) is 6. The van der Waals surface area contributed by atoms with Crippen LogP contribution in [0.4, 0.5) is 4.79 Å². The normalized spacial score (nSPS) is 14.0. The van der Waals surface area contributed by atoms with Gasteiger partial charge in [-0.15, -0.1) is 0 Å². The smallest absolute Gasteiger partial charge is 0.408 e. The fraction of sp³-hybridized carbons (Fsp3) is 0.400. The van der Waals surface area contributed by atoms with Crippen LogP contribution in [0.15, 0.2) is 30.3 Å². The van der Waals surface area contributed by atoms with Gasteiger partial charge in [0.05, 0.1) is 6.10 Å². The quantitative estimate of drug-likeness (QED) is 0.249. The Bertz CT molecular complexity index is 564. The monoisotopic (exact) mass is 338 g/mol. The molecular weight excluding hydrogens is 316 g/mol. The number of carbonyl (C=O) groups is 3. The van der Waals surface area contributed by atoms with Crippen molar-refractivity contribution < 1.29 is 24.2 Å². The Kier molecular flexibility index (Phi) is 7.66. The minimum absolute atomic E-state index is 0.0624. The summed E-state index contributed by atoms with van der Waals surface area (Å²) in [6.45, 7) is 2.80. The molecule has 0 aliphatic rings. The van der Waals surface area contributed by atoms with Crippen molar-refractivity contribution in [2.75, 3.05) is 0 Å². The van der Waals surface area contributed by atoms with Gasteiger partial charge in [-0.05, 0) is 19.4 Å². The van der Waals surface area contributed by atoms with Gasteiger partial charge in [-0.2, -0.15) is 0 Å². The van der Waals surface area contributed by atoms with Crippen LogP contribution in [0.2, 0.25) is 0 Å². The Morgan fingerprint density at radius 1 is 1.12 bits per heavy atom. The molecule has 6 N–H and O–H groups in total. The van der Waals surface area contributed by atoms with Gasteiger partial charge in [-0.25, -0.2) is 10.6 Å². The number of aliphatic hydroxyl groups is 1. The number of ether oxygens (including phenoxy) is 1. The van der Waals surface area contributed by atoms with Gasteiger partial charge in [0.2, 0.25) is 5.91 Å². The van der Waals surface area contributed by atoms with Crippen molar-refractivity contribution >= 4 is 17.9 Å². The van der Waals surface area contributed by atoms with Crippen molar-refractivity contribution in [2.24, 2.45) is 5.84 Å². The molecule has 1 aromatic rings. The molecule has 132 valence electrons. The second-order valence-electron chi connectivity index (χ2n) is 5.16. The van der Waals surface area contributed by atoms with Gasteiger partial charge >= 0.3 is 6.09 Å². The molecule has 9 heteroatoms. The summed E-state index contributed by atoms with van der Waals surface area (Å²) in [5.74, 6) is 3.57. The maximum atomic E-state index is 12.0. The van der Waals surface area contributed by atoms with Gasteiger partial charge in [0, 0.05) is 0 Å². The maximum absolute atomic E-state index is 12.0. The average molecular weight is 338 g/mol. The first-order chi connectivity index (χ1) is 11.3. The summed E-state index contributed by atoms with van der Waals surface area (Å²) in [4.78, 5) is 35.1. The summed E-state index contributed by atoms with van der Waals surface area (Å²) < 4.78 is 4.99. The van der Waals surface area contributed by atoms with E-state index in [1.807, 2.05) is 23.6 Å². The first-order valence-electron chi connectivity index (χ1n) is 7.31. The lowest BCUT2D eigenvalue weighted by molar-refractivity contribution is -0.132. The molecular formula is C15H22N4O5. The molecule has 0 unspecified atom stereocenters. The summed E-state index contributed by atoms with van der Waals surface area (Å²) in [6.07, 6.45) is -1.94. The highest BCUT2D eigenvalue weighted by Gasteiger charge is 2.27. The zero-order valence-electron chi connectivity index (χ0n) is 13.5. The van der Waals surface area contributed by atoms with Crippen LogP contribution in [-0.2, 0) is 20.9 Å². The third-order valence-corrected chi connectivity index (χ3v) is 3.15. The molecule has 0 saturated heterocycles. The van der Waals surface area contributed by atoms with E-state index in [1.54, 1.807) is 12.1 Å². The fourth-order valence-electron chi connectivity index (χ4n) is 1.78. The topological polar surface area (TPSA) is 143 Å². The molecule has 3 amide bonds. The zero-order valence-corrected chi connectivity index (χ0v) is 13.5. The highest BCUT2D eigenvalue weighted by atomic mass is 16.5. The number of nitrogens with one attached hydrogen (secondary N) is 3. The second kappa shape index (κ2) is 9.48. The van der Waals surface area contributed by atoms with Crippen molar-refractivity contribution in [3.05, 3.63) is 35.9 Å². The van der Waals surface area contributed by atoms with E-state index in [-0.39, 0.29) is 6.61 Å². The van der Waals surface area contributed by atoms with Crippen LogP contribution in [-0.4, -0.2) is 41.2 Å². The number of benzene rings is 1. The predicted molar refractivity (Wildman–Crippen MR) is 85.2 cm³/mol. The van der Waals surface area contributed by atoms with E-state index in [9.17, 15) is 19.5 Å². The van der Waals surface area contributed by atoms with E-state index < -0.39 is 36.1 Å². The third-order valence-electron chi connectivity index (χ3n) is 3.15. The Morgan fingerprint density at radius 3 is 2.29 bits per heavy atom. The molecule has 0 spiro atoms. The van der Waals surface area contributed by atoms with Crippen LogP contribution in [0.3, 0.4) is 0 Å². The lowest BCUT2D eigenvalue weighted by Gasteiger charge is -2.22. The highest BCUT2D eigenvalue weighted by molar-refractivity contribution is 5.91. The van der Waals surface area contributed by atoms with E-state index in [2.05, 4.69) is 10.6 Å². The molecule has 0 radical (unpaired) electrons. The van der Waals surface area contributed by atoms with Gasteiger partial charge in [0.25, 0.3) is 5.91 Å². The van der Waals surface area contributed by atoms with Gasteiger partial charge in [0.1, 0.15) is 18.7 Å². The number of alkyl carbamates (subject to hydrolysis) is 1. The first-order valence-corrected chi connectivity index (χ1v) is 7.31. The van der Waals surface area contributed by atoms with E-state index in [0.717, 1.165) is 5.56 Å². The summed E-state index contributed by atoms with van der Waals surface area (Å²) >= 11 is 0. The lowest BCUT2D eigenvalue weighted by atomic mass is 10.1. The summed E-state index contributed by atoms with van der Waals surface area (Å²) in [6, 6.07) is 6.85. The van der Waals surface area contributed by atoms with Gasteiger partial charge in [-0.1, -0.05) is 30.3 Å². The Hall–Kier alpha value is -2.65. The minimum atomic E-state index is -1.23. The zero-order chi connectivity index (χ0) is 18.1.